The van der Waals surface area contributed by atoms with Gasteiger partial charge in [-0.2, -0.15) is 0 Å². The lowest BCUT2D eigenvalue weighted by Crippen LogP contribution is -2.71. The van der Waals surface area contributed by atoms with E-state index >= 15 is 0 Å². The maximum absolute atomic E-state index is 12.9. The smallest absolute Gasteiger partial charge is 0.364 e. The molecule has 0 saturated carbocycles. The van der Waals surface area contributed by atoms with E-state index in [1.165, 1.54) is 0 Å². The van der Waals surface area contributed by atoms with E-state index in [1.807, 2.05) is 0 Å². The van der Waals surface area contributed by atoms with Gasteiger partial charge in [0, 0.05) is 47.5 Å². The molecular weight excluding hydrogens is 1440 g/mol. The van der Waals surface area contributed by atoms with E-state index in [1.54, 1.807) is 0 Å². The number of carboxylic acid groups (broad SMARTS) is 2. The summed E-state index contributed by atoms with van der Waals surface area (Å²) < 4.78 is 75.0. The third-order valence-electron chi connectivity index (χ3n) is 18.5. The highest BCUT2D eigenvalue weighted by atomic mass is 16.8. The van der Waals surface area contributed by atoms with Gasteiger partial charge in [0.25, 0.3) is 11.6 Å². The van der Waals surface area contributed by atoms with Crippen molar-refractivity contribution in [3.05, 3.63) is 0 Å². The molecule has 0 aliphatic carbocycles. The van der Waals surface area contributed by atoms with Crippen LogP contribution in [0.5, 0.6) is 0 Å². The number of aliphatic carboxylic acids is 2. The van der Waals surface area contributed by atoms with Crippen molar-refractivity contribution in [3.63, 3.8) is 0 Å². The first-order valence-corrected chi connectivity index (χ1v) is 32.8. The van der Waals surface area contributed by atoms with Gasteiger partial charge in [0.1, 0.15) is 159 Å². The van der Waals surface area contributed by atoms with Crippen LogP contribution < -0.4 is 26.6 Å². The average Bonchev–Trinajstić information content (AvgIpc) is 0.776. The molecule has 7 aliphatic heterocycles. The van der Waals surface area contributed by atoms with E-state index < -0.39 is 326 Å². The molecule has 0 spiro atoms. The Morgan fingerprint density at radius 3 is 1.09 bits per heavy atom. The number of ether oxygens (including phenoxy) is 13. The fourth-order valence-corrected chi connectivity index (χ4v) is 13.1. The molecule has 1 unspecified atom stereocenters. The van der Waals surface area contributed by atoms with E-state index in [0.717, 1.165) is 34.6 Å². The van der Waals surface area contributed by atoms with Crippen molar-refractivity contribution >= 4 is 41.5 Å². The van der Waals surface area contributed by atoms with Crippen LogP contribution in [0.3, 0.4) is 0 Å². The van der Waals surface area contributed by atoms with Crippen LogP contribution in [0.2, 0.25) is 0 Å². The normalized spacial score (nSPS) is 43.6. The van der Waals surface area contributed by atoms with E-state index in [2.05, 4.69) is 26.6 Å². The van der Waals surface area contributed by atoms with Crippen LogP contribution in [0.25, 0.3) is 0 Å². The monoisotopic (exact) mass is 1530 g/mol. The van der Waals surface area contributed by atoms with Crippen molar-refractivity contribution in [3.8, 4) is 0 Å². The highest BCUT2D eigenvalue weighted by Gasteiger charge is 2.61. The molecule has 7 rings (SSSR count). The molecule has 0 aromatic heterocycles. The maximum Gasteiger partial charge on any atom is 0.364 e. The van der Waals surface area contributed by atoms with Crippen LogP contribution in [0, 0.1) is 0 Å². The van der Waals surface area contributed by atoms with Gasteiger partial charge in [-0.25, -0.2) is 9.59 Å². The Morgan fingerprint density at radius 1 is 0.390 bits per heavy atom. The van der Waals surface area contributed by atoms with Crippen molar-refractivity contribution < 1.29 is 207 Å². The first-order valence-electron chi connectivity index (χ1n) is 32.8. The zero-order valence-electron chi connectivity index (χ0n) is 56.6. The Bertz CT molecular complexity index is 2900. The zero-order valence-corrected chi connectivity index (χ0v) is 56.6. The minimum absolute atomic E-state index is 0.811. The lowest BCUT2D eigenvalue weighted by atomic mass is 9.88. The lowest BCUT2D eigenvalue weighted by molar-refractivity contribution is -0.368. The summed E-state index contributed by atoms with van der Waals surface area (Å²) in [7, 11) is 0. The summed E-state index contributed by atoms with van der Waals surface area (Å²) in [6, 6.07) is -8.83. The predicted molar refractivity (Wildman–Crippen MR) is 324 cm³/mol. The van der Waals surface area contributed by atoms with Crippen LogP contribution in [-0.2, 0) is 95.1 Å². The van der Waals surface area contributed by atoms with Crippen molar-refractivity contribution in [2.24, 2.45) is 0 Å². The second-order valence-corrected chi connectivity index (χ2v) is 26.2. The van der Waals surface area contributed by atoms with Crippen LogP contribution >= 0.6 is 0 Å². The highest BCUT2D eigenvalue weighted by Crippen LogP contribution is 2.40. The van der Waals surface area contributed by atoms with E-state index in [9.17, 15) is 146 Å². The summed E-state index contributed by atoms with van der Waals surface area (Å²) in [5.41, 5.74) is 0. The molecule has 47 heteroatoms. The van der Waals surface area contributed by atoms with Gasteiger partial charge in [-0.3, -0.25) is 24.0 Å². The van der Waals surface area contributed by atoms with Crippen LogP contribution in [0.1, 0.15) is 47.5 Å². The largest absolute Gasteiger partial charge is 0.477 e. The highest BCUT2D eigenvalue weighted by molar-refractivity contribution is 5.78. The minimum atomic E-state index is -3.03. The topological polar surface area (TPSA) is 745 Å². The van der Waals surface area contributed by atoms with Crippen LogP contribution in [0.15, 0.2) is 0 Å². The summed E-state index contributed by atoms with van der Waals surface area (Å²) in [6.07, 6.45) is -64.7. The molecule has 0 aromatic carbocycles. The molecule has 7 heterocycles. The molecular formula is C58H95N5O42. The number of carbonyl (C=O) groups excluding carboxylic acids is 5. The van der Waals surface area contributed by atoms with Gasteiger partial charge in [-0.1, -0.05) is 0 Å². The molecule has 27 N–H and O–H groups in total. The van der Waals surface area contributed by atoms with Crippen molar-refractivity contribution in [1.29, 1.82) is 0 Å². The number of aliphatic hydroxyl groups excluding tert-OH is 20. The molecule has 0 bridgehead atoms. The number of aliphatic hydroxyl groups is 20. The Hall–Kier alpha value is -5.03. The van der Waals surface area contributed by atoms with Crippen molar-refractivity contribution in [2.45, 2.75) is 273 Å². The third-order valence-corrected chi connectivity index (χ3v) is 18.5. The quantitative estimate of drug-likeness (QED) is 0.0318. The number of carboxylic acids is 2. The van der Waals surface area contributed by atoms with Gasteiger partial charge in [-0.05, 0) is 0 Å². The molecule has 604 valence electrons. The fraction of sp³-hybridized carbons (Fsp3) is 0.879. The molecule has 37 atom stereocenters. The summed E-state index contributed by atoms with van der Waals surface area (Å²) >= 11 is 0. The zero-order chi connectivity index (χ0) is 78.3. The molecule has 0 radical (unpaired) electrons. The van der Waals surface area contributed by atoms with Crippen LogP contribution in [0.4, 0.5) is 0 Å². The van der Waals surface area contributed by atoms with Gasteiger partial charge in [0.2, 0.25) is 29.5 Å². The van der Waals surface area contributed by atoms with Gasteiger partial charge in [0.05, 0.1) is 70.5 Å². The summed E-state index contributed by atoms with van der Waals surface area (Å²) in [5.74, 6) is -14.4. The number of rotatable bonds is 30. The van der Waals surface area contributed by atoms with Gasteiger partial charge < -0.3 is 201 Å². The van der Waals surface area contributed by atoms with Gasteiger partial charge in [0.15, 0.2) is 31.5 Å². The Kier molecular flexibility index (Phi) is 30.8. The van der Waals surface area contributed by atoms with Gasteiger partial charge in [-0.15, -0.1) is 0 Å². The molecule has 105 heavy (non-hydrogen) atoms. The maximum atomic E-state index is 12.9. The first-order chi connectivity index (χ1) is 49.2. The fourth-order valence-electron chi connectivity index (χ4n) is 13.1. The summed E-state index contributed by atoms with van der Waals surface area (Å²) in [4.78, 5) is 88.1. The number of hydrogen-bond donors (Lipinski definition) is 27. The summed E-state index contributed by atoms with van der Waals surface area (Å²) in [6.45, 7) is -3.00. The third kappa shape index (κ3) is 20.0. The number of carbonyl (C=O) groups is 7. The van der Waals surface area contributed by atoms with E-state index in [4.69, 9.17) is 61.6 Å². The SMILES string of the molecule is CC(=O)N[C@H]1[C@H](OC[C@H]2OC(O)[C@H](NC(C)=O)[C@@H](O[C@@H]3O[C@H](CO)[C@@H](O[C@@H]4O[C@H](CO[C@]5(C(=O)O)C[C@H](O)[C@@H](NC(C)=O)[C@H]([C@H](O)[C@H](O)CO)O5)[C@H](O)[C@H](O)[C@H]4O)[C@H](O)[C@H]3NC(C)=O)[C@H]2O)O[C@H](CO)[C@@H](O[C@@H]2O[C@H](CO[C@]3(C(=O)O)C[C@H](O)[C@@H](NC(C)=O)[C@H]([C@H](O)[C@H](O)CO)O3)[C@H](O)[C@H](O)[C@H]2O)[C@@H]1O. The number of nitrogens with one attached hydrogen (secondary N) is 5. The second-order valence-electron chi connectivity index (χ2n) is 26.2. The lowest BCUT2D eigenvalue weighted by Gasteiger charge is -2.50. The Balaban J connectivity index is 1.06. The van der Waals surface area contributed by atoms with Crippen LogP contribution in [-0.4, -0.2) is 426 Å². The molecule has 0 aromatic rings. The second kappa shape index (κ2) is 37.1. The number of hydrogen-bond acceptors (Lipinski definition) is 40. The average molecular weight is 1530 g/mol. The molecule has 7 saturated heterocycles. The first kappa shape index (κ1) is 87.2. The Morgan fingerprint density at radius 2 is 0.724 bits per heavy atom. The summed E-state index contributed by atoms with van der Waals surface area (Å²) in [5, 5.41) is 251. The molecule has 7 aliphatic rings. The Labute approximate surface area is 593 Å². The standard InChI is InChI=1S/C58H95N5O42/c1-15(68)59-29-20(73)6-57(55(89)90,104-48(29)34(77)22(75)8-64)94-13-27-36(79)41(84)43(86)53(99-27)101-45-24(10-66)97-51(31(39(45)82)61-17(3)70)93-12-26-38(81)47(33(50(88)96-26)63-19(5)72)103-52-32(62-18(4)71)40(83)46(25(11-67)98-52)102-54-44(87)42(85)37(80)28(100-54)14-95-58(56(91)92)7-21(74)30(60-16(2)69)49(105-58)35(78)23(76)9-65/h20-54,64-67,73-88H,6-14H2,1-5H3,(H,59,68)(H,60,69)(H,61,70)(H,62,71)(H,63,72)(H,89,90)(H,91,92)/t20-,21-,22+,23+,24+,25+,26+,27+,28+,29+,30+,31+,32+,33+,34+,35+,36-,37-,38-,39+,40+,41-,42-,43+,44+,45+,46+,47+,48+,49+,50?,51+,52-,53-,54-,57+,58+/m0/s1. The molecule has 7 fully saturated rings. The van der Waals surface area contributed by atoms with Crippen molar-refractivity contribution in [1.82, 2.24) is 26.6 Å². The molecule has 47 nitrogen and oxygen atoms in total. The number of amides is 5. The minimum Gasteiger partial charge on any atom is -0.477 e. The van der Waals surface area contributed by atoms with Gasteiger partial charge >= 0.3 is 11.9 Å². The molecule has 5 amide bonds. The van der Waals surface area contributed by atoms with Crippen molar-refractivity contribution in [2.75, 3.05) is 46.2 Å². The van der Waals surface area contributed by atoms with E-state index in [0.29, 0.717) is 0 Å². The predicted octanol–water partition coefficient (Wildman–Crippen LogP) is -17.1. The van der Waals surface area contributed by atoms with E-state index in [-0.39, 0.29) is 0 Å².